The Kier molecular flexibility index (Phi) is 5.97. The summed E-state index contributed by atoms with van der Waals surface area (Å²) in [4.78, 5) is 11.3. The van der Waals surface area contributed by atoms with E-state index in [4.69, 9.17) is 14.6 Å². The first-order valence-corrected chi connectivity index (χ1v) is 8.69. The minimum absolute atomic E-state index is 0.0491. The summed E-state index contributed by atoms with van der Waals surface area (Å²) in [5.41, 5.74) is -2.07. The van der Waals surface area contributed by atoms with E-state index in [0.717, 1.165) is 12.1 Å². The van der Waals surface area contributed by atoms with E-state index in [1.54, 1.807) is 6.07 Å². The molecule has 0 aromatic heterocycles. The van der Waals surface area contributed by atoms with E-state index in [-0.39, 0.29) is 18.0 Å². The number of hydrogen-bond acceptors (Lipinski definition) is 4. The molecule has 1 aromatic carbocycles. The van der Waals surface area contributed by atoms with Gasteiger partial charge in [0, 0.05) is 13.5 Å². The molecule has 2 rings (SSSR count). The van der Waals surface area contributed by atoms with Gasteiger partial charge in [-0.05, 0) is 50.9 Å². The number of halogens is 3. The van der Waals surface area contributed by atoms with Gasteiger partial charge >= 0.3 is 13.3 Å². The van der Waals surface area contributed by atoms with Crippen molar-refractivity contribution in [3.63, 3.8) is 0 Å². The van der Waals surface area contributed by atoms with Crippen molar-refractivity contribution in [1.29, 1.82) is 5.26 Å². The van der Waals surface area contributed by atoms with Gasteiger partial charge in [-0.2, -0.15) is 18.4 Å². The molecule has 150 valence electrons. The number of rotatable bonds is 4. The van der Waals surface area contributed by atoms with Gasteiger partial charge in [0.15, 0.2) is 0 Å². The molecule has 1 aliphatic heterocycles. The molecule has 0 spiro atoms. The van der Waals surface area contributed by atoms with Crippen molar-refractivity contribution in [2.75, 3.05) is 6.54 Å². The van der Waals surface area contributed by atoms with Crippen LogP contribution in [0.1, 0.15) is 51.3 Å². The fourth-order valence-corrected chi connectivity index (χ4v) is 2.62. The Morgan fingerprint density at radius 1 is 1.25 bits per heavy atom. The van der Waals surface area contributed by atoms with Crippen molar-refractivity contribution < 1.29 is 27.3 Å². The number of nitrogens with one attached hydrogen (secondary N) is 1. The first kappa shape index (κ1) is 22.0. The molecule has 0 radical (unpaired) electrons. The number of alkyl halides is 3. The van der Waals surface area contributed by atoms with E-state index in [9.17, 15) is 18.0 Å². The monoisotopic (exact) mass is 394 g/mol. The second kappa shape index (κ2) is 7.61. The van der Waals surface area contributed by atoms with Crippen LogP contribution in [0.4, 0.5) is 13.2 Å². The van der Waals surface area contributed by atoms with Crippen molar-refractivity contribution in [1.82, 2.24) is 5.32 Å². The Hall–Kier alpha value is -2.31. The first-order chi connectivity index (χ1) is 12.8. The fraction of sp³-hybridized carbons (Fsp3) is 0.474. The summed E-state index contributed by atoms with van der Waals surface area (Å²) in [6.07, 6.45) is -3.18. The number of hydrogen-bond donors (Lipinski definition) is 1. The Morgan fingerprint density at radius 2 is 1.82 bits per heavy atom. The molecule has 0 aliphatic carbocycles. The van der Waals surface area contributed by atoms with E-state index in [0.29, 0.717) is 5.47 Å². The van der Waals surface area contributed by atoms with Crippen LogP contribution < -0.4 is 5.32 Å². The molecular formula is C19H22BF3N2O3. The summed E-state index contributed by atoms with van der Waals surface area (Å²) >= 11 is 0. The molecule has 1 aliphatic rings. The molecule has 1 heterocycles. The van der Waals surface area contributed by atoms with E-state index in [1.165, 1.54) is 19.1 Å². The molecule has 1 N–H and O–H groups in total. The highest BCUT2D eigenvalue weighted by atomic mass is 19.4. The van der Waals surface area contributed by atoms with E-state index >= 15 is 0 Å². The van der Waals surface area contributed by atoms with Crippen LogP contribution in [-0.4, -0.2) is 30.8 Å². The van der Waals surface area contributed by atoms with Gasteiger partial charge in [-0.25, -0.2) is 0 Å². The second-order valence-electron chi connectivity index (χ2n) is 7.63. The number of nitrogens with zero attached hydrogens (tertiary/aromatic N) is 1. The van der Waals surface area contributed by atoms with Crippen LogP contribution >= 0.6 is 0 Å². The predicted octanol–water partition coefficient (Wildman–Crippen LogP) is 3.73. The highest BCUT2D eigenvalue weighted by Crippen LogP contribution is 2.39. The number of benzene rings is 1. The zero-order chi connectivity index (χ0) is 21.3. The van der Waals surface area contributed by atoms with Gasteiger partial charge in [0.2, 0.25) is 5.91 Å². The third-order valence-corrected chi connectivity index (χ3v) is 4.92. The number of amides is 1. The fourth-order valence-electron chi connectivity index (χ4n) is 2.62. The summed E-state index contributed by atoms with van der Waals surface area (Å²) in [7, 11) is -0.832. The number of nitriles is 1. The normalized spacial score (nSPS) is 18.7. The van der Waals surface area contributed by atoms with E-state index < -0.39 is 35.6 Å². The van der Waals surface area contributed by atoms with Gasteiger partial charge in [-0.3, -0.25) is 4.79 Å². The minimum Gasteiger partial charge on any atom is -0.400 e. The lowest BCUT2D eigenvalue weighted by molar-refractivity contribution is -0.137. The van der Waals surface area contributed by atoms with Gasteiger partial charge in [-0.15, -0.1) is 0 Å². The largest absolute Gasteiger partial charge is 0.492 e. The molecule has 1 saturated heterocycles. The van der Waals surface area contributed by atoms with Crippen LogP contribution in [0, 0.1) is 11.3 Å². The third kappa shape index (κ3) is 4.75. The number of carbonyl (C=O) groups is 1. The van der Waals surface area contributed by atoms with Crippen molar-refractivity contribution in [2.45, 2.75) is 52.0 Å². The van der Waals surface area contributed by atoms with E-state index in [2.05, 4.69) is 5.32 Å². The molecule has 0 bridgehead atoms. The van der Waals surface area contributed by atoms with Crippen LogP contribution in [0.25, 0.3) is 6.08 Å². The molecule has 1 fully saturated rings. The maximum absolute atomic E-state index is 13.2. The van der Waals surface area contributed by atoms with Crippen LogP contribution in [0.3, 0.4) is 0 Å². The van der Waals surface area contributed by atoms with Crippen LogP contribution in [0.15, 0.2) is 23.7 Å². The average Bonchev–Trinajstić information content (AvgIpc) is 2.78. The van der Waals surface area contributed by atoms with Crippen LogP contribution in [-0.2, 0) is 20.3 Å². The summed E-state index contributed by atoms with van der Waals surface area (Å²) in [6.45, 7) is 8.80. The first-order valence-electron chi connectivity index (χ1n) is 8.69. The smallest absolute Gasteiger partial charge is 0.400 e. The molecule has 0 saturated carbocycles. The summed E-state index contributed by atoms with van der Waals surface area (Å²) in [6, 6.07) is 4.98. The van der Waals surface area contributed by atoms with Gasteiger partial charge in [0.25, 0.3) is 0 Å². The Bertz CT molecular complexity index is 826. The molecule has 1 aromatic rings. The summed E-state index contributed by atoms with van der Waals surface area (Å²) < 4.78 is 51.6. The zero-order valence-electron chi connectivity index (χ0n) is 16.4. The van der Waals surface area contributed by atoms with Crippen LogP contribution in [0.2, 0.25) is 0 Å². The van der Waals surface area contributed by atoms with Gasteiger partial charge < -0.3 is 14.6 Å². The Morgan fingerprint density at radius 3 is 2.29 bits per heavy atom. The van der Waals surface area contributed by atoms with E-state index in [1.807, 2.05) is 27.7 Å². The Labute approximate surface area is 162 Å². The third-order valence-electron chi connectivity index (χ3n) is 4.92. The predicted molar refractivity (Wildman–Crippen MR) is 98.9 cm³/mol. The maximum Gasteiger partial charge on any atom is 0.492 e. The summed E-state index contributed by atoms with van der Waals surface area (Å²) in [5, 5.41) is 11.6. The number of carbonyl (C=O) groups excluding carboxylic acids is 1. The highest BCUT2D eigenvalue weighted by molar-refractivity contribution is 6.56. The lowest BCUT2D eigenvalue weighted by atomic mass is 9.76. The SMILES string of the molecule is CC(=O)NCC(=Cc1ccc(C#N)c(C(F)(F)F)c1)B1OC(C)(C)C(C)(C)O1. The van der Waals surface area contributed by atoms with Gasteiger partial charge in [0.1, 0.15) is 0 Å². The standard InChI is InChI=1S/C19H22BF3N2O3/c1-12(26)25-11-15(20-27-17(2,3)18(4,5)28-20)8-13-6-7-14(10-24)16(9-13)19(21,22)23/h6-9H,11H2,1-5H3,(H,25,26). The Balaban J connectivity index is 2.46. The maximum atomic E-state index is 13.2. The molecule has 0 atom stereocenters. The van der Waals surface area contributed by atoms with Crippen molar-refractivity contribution in [3.8, 4) is 6.07 Å². The molecule has 1 amide bonds. The second-order valence-corrected chi connectivity index (χ2v) is 7.63. The molecule has 5 nitrogen and oxygen atoms in total. The van der Waals surface area contributed by atoms with Crippen molar-refractivity contribution >= 4 is 19.1 Å². The topological polar surface area (TPSA) is 71.4 Å². The molecule has 9 heteroatoms. The quantitative estimate of drug-likeness (QED) is 0.791. The molecule has 28 heavy (non-hydrogen) atoms. The lowest BCUT2D eigenvalue weighted by Crippen LogP contribution is -2.41. The van der Waals surface area contributed by atoms with Gasteiger partial charge in [-0.1, -0.05) is 12.1 Å². The zero-order valence-corrected chi connectivity index (χ0v) is 16.4. The van der Waals surface area contributed by atoms with Gasteiger partial charge in [0.05, 0.1) is 28.4 Å². The van der Waals surface area contributed by atoms with Crippen molar-refractivity contribution in [2.24, 2.45) is 0 Å². The van der Waals surface area contributed by atoms with Crippen LogP contribution in [0.5, 0.6) is 0 Å². The summed E-state index contributed by atoms with van der Waals surface area (Å²) in [5.74, 6) is -0.293. The van der Waals surface area contributed by atoms with Crippen molar-refractivity contribution in [3.05, 3.63) is 40.4 Å². The highest BCUT2D eigenvalue weighted by Gasteiger charge is 2.52. The average molecular weight is 394 g/mol. The lowest BCUT2D eigenvalue weighted by Gasteiger charge is -2.32. The molecule has 0 unspecified atom stereocenters. The minimum atomic E-state index is -4.66. The molecular weight excluding hydrogens is 372 g/mol.